The van der Waals surface area contributed by atoms with Crippen LogP contribution in [-0.2, 0) is 0 Å². The third-order valence-corrected chi connectivity index (χ3v) is 4.85. The zero-order valence-corrected chi connectivity index (χ0v) is 13.2. The molecule has 1 N–H and O–H groups in total. The van der Waals surface area contributed by atoms with Gasteiger partial charge in [0.2, 0.25) is 0 Å². The molecule has 1 fully saturated rings. The highest BCUT2D eigenvalue weighted by Gasteiger charge is 2.34. The summed E-state index contributed by atoms with van der Waals surface area (Å²) in [6.07, 6.45) is 6.72. The lowest BCUT2D eigenvalue weighted by atomic mass is 9.72. The van der Waals surface area contributed by atoms with Crippen LogP contribution in [-0.4, -0.2) is 6.54 Å². The number of hydrogen-bond donors (Lipinski definition) is 1. The van der Waals surface area contributed by atoms with Crippen LogP contribution in [0.4, 0.5) is 8.78 Å². The first-order valence-corrected chi connectivity index (χ1v) is 8.36. The fourth-order valence-corrected chi connectivity index (χ4v) is 3.76. The summed E-state index contributed by atoms with van der Waals surface area (Å²) in [6.45, 7) is 5.07. The summed E-state index contributed by atoms with van der Waals surface area (Å²) >= 11 is 0. The summed E-state index contributed by atoms with van der Waals surface area (Å²) in [5, 5.41) is 3.42. The summed E-state index contributed by atoms with van der Waals surface area (Å²) in [7, 11) is 0. The van der Waals surface area contributed by atoms with Crippen LogP contribution in [0.15, 0.2) is 18.2 Å². The normalized spacial score (nSPS) is 24.0. The second-order valence-corrected chi connectivity index (χ2v) is 6.18. The van der Waals surface area contributed by atoms with Gasteiger partial charge in [-0.1, -0.05) is 45.6 Å². The number of nitrogens with one attached hydrogen (secondary N) is 1. The molecule has 0 heterocycles. The van der Waals surface area contributed by atoms with Crippen LogP contribution < -0.4 is 5.32 Å². The second kappa shape index (κ2) is 7.88. The molecule has 21 heavy (non-hydrogen) atoms. The minimum atomic E-state index is -0.413. The summed E-state index contributed by atoms with van der Waals surface area (Å²) in [5.74, 6) is 0.0712. The topological polar surface area (TPSA) is 12.0 Å². The number of hydrogen-bond acceptors (Lipinski definition) is 1. The summed E-state index contributed by atoms with van der Waals surface area (Å²) in [5.41, 5.74) is 0.247. The molecule has 1 aromatic carbocycles. The maximum Gasteiger partial charge on any atom is 0.130 e. The molecular formula is C18H27F2N. The van der Waals surface area contributed by atoms with Gasteiger partial charge in [-0.25, -0.2) is 8.78 Å². The van der Waals surface area contributed by atoms with Crippen molar-refractivity contribution >= 4 is 0 Å². The zero-order chi connectivity index (χ0) is 15.2. The predicted molar refractivity (Wildman–Crippen MR) is 83.1 cm³/mol. The third kappa shape index (κ3) is 3.82. The smallest absolute Gasteiger partial charge is 0.130 e. The second-order valence-electron chi connectivity index (χ2n) is 6.18. The standard InChI is InChI=1S/C18H27F2N/c1-3-12-21-18(14-9-6-5-8-13(14)4-2)17-15(19)10-7-11-16(17)20/h7,10-11,13-14,18,21H,3-6,8-9,12H2,1-2H3. The monoisotopic (exact) mass is 295 g/mol. The maximum absolute atomic E-state index is 14.2. The van der Waals surface area contributed by atoms with E-state index in [0.29, 0.717) is 11.8 Å². The Hall–Kier alpha value is -0.960. The van der Waals surface area contributed by atoms with E-state index in [-0.39, 0.29) is 11.6 Å². The van der Waals surface area contributed by atoms with Crippen molar-refractivity contribution in [2.24, 2.45) is 11.8 Å². The molecule has 2 rings (SSSR count). The van der Waals surface area contributed by atoms with Crippen LogP contribution in [0.3, 0.4) is 0 Å². The molecule has 1 aliphatic rings. The van der Waals surface area contributed by atoms with E-state index in [1.807, 2.05) is 0 Å². The van der Waals surface area contributed by atoms with Gasteiger partial charge in [-0.2, -0.15) is 0 Å². The molecule has 0 amide bonds. The minimum Gasteiger partial charge on any atom is -0.310 e. The van der Waals surface area contributed by atoms with Gasteiger partial charge in [0.05, 0.1) is 0 Å². The Balaban J connectivity index is 2.32. The average molecular weight is 295 g/mol. The first kappa shape index (κ1) is 16.4. The Labute approximate surface area is 127 Å². The predicted octanol–water partition coefficient (Wildman–Crippen LogP) is 5.22. The van der Waals surface area contributed by atoms with E-state index < -0.39 is 11.6 Å². The fraction of sp³-hybridized carbons (Fsp3) is 0.667. The van der Waals surface area contributed by atoms with Crippen LogP contribution in [0.25, 0.3) is 0 Å². The lowest BCUT2D eigenvalue weighted by molar-refractivity contribution is 0.170. The lowest BCUT2D eigenvalue weighted by Crippen LogP contribution is -2.36. The van der Waals surface area contributed by atoms with Crippen LogP contribution >= 0.6 is 0 Å². The minimum absolute atomic E-state index is 0.198. The number of halogens is 2. The number of rotatable bonds is 6. The van der Waals surface area contributed by atoms with Gasteiger partial charge in [0.15, 0.2) is 0 Å². The Kier molecular flexibility index (Phi) is 6.16. The van der Waals surface area contributed by atoms with Gasteiger partial charge in [0.1, 0.15) is 11.6 Å². The van der Waals surface area contributed by atoms with Crippen LogP contribution in [0.5, 0.6) is 0 Å². The van der Waals surface area contributed by atoms with Crippen LogP contribution in [0, 0.1) is 23.5 Å². The van der Waals surface area contributed by atoms with Crippen LogP contribution in [0.2, 0.25) is 0 Å². The molecule has 0 aromatic heterocycles. The Morgan fingerprint density at radius 1 is 1.14 bits per heavy atom. The Bertz CT molecular complexity index is 427. The van der Waals surface area contributed by atoms with Gasteiger partial charge < -0.3 is 5.32 Å². The van der Waals surface area contributed by atoms with E-state index in [1.54, 1.807) is 0 Å². The highest BCUT2D eigenvalue weighted by Crippen LogP contribution is 2.41. The van der Waals surface area contributed by atoms with Gasteiger partial charge in [-0.3, -0.25) is 0 Å². The Morgan fingerprint density at radius 3 is 2.43 bits per heavy atom. The van der Waals surface area contributed by atoms with E-state index in [4.69, 9.17) is 0 Å². The molecule has 1 aromatic rings. The highest BCUT2D eigenvalue weighted by molar-refractivity contribution is 5.24. The van der Waals surface area contributed by atoms with E-state index >= 15 is 0 Å². The molecule has 1 aliphatic carbocycles. The van der Waals surface area contributed by atoms with Crippen molar-refractivity contribution in [2.45, 2.75) is 58.4 Å². The van der Waals surface area contributed by atoms with Crippen molar-refractivity contribution < 1.29 is 8.78 Å². The summed E-state index contributed by atoms with van der Waals surface area (Å²) in [6, 6.07) is 4.01. The van der Waals surface area contributed by atoms with Crippen molar-refractivity contribution in [1.82, 2.24) is 5.32 Å². The largest absolute Gasteiger partial charge is 0.310 e. The van der Waals surface area contributed by atoms with E-state index in [9.17, 15) is 8.78 Å². The Morgan fingerprint density at radius 2 is 1.81 bits per heavy atom. The van der Waals surface area contributed by atoms with Crippen molar-refractivity contribution in [3.63, 3.8) is 0 Å². The van der Waals surface area contributed by atoms with Crippen molar-refractivity contribution in [3.05, 3.63) is 35.4 Å². The van der Waals surface area contributed by atoms with E-state index in [0.717, 1.165) is 25.8 Å². The van der Waals surface area contributed by atoms with Gasteiger partial charge in [-0.05, 0) is 43.4 Å². The molecule has 0 aliphatic heterocycles. The molecule has 3 unspecified atom stereocenters. The summed E-state index contributed by atoms with van der Waals surface area (Å²) in [4.78, 5) is 0. The SMILES string of the molecule is CCCNC(c1c(F)cccc1F)C1CCCCC1CC. The quantitative estimate of drug-likeness (QED) is 0.758. The molecule has 0 spiro atoms. The fourth-order valence-electron chi connectivity index (χ4n) is 3.76. The molecule has 0 saturated heterocycles. The van der Waals surface area contributed by atoms with Crippen LogP contribution in [0.1, 0.15) is 64.0 Å². The molecule has 1 saturated carbocycles. The summed E-state index contributed by atoms with van der Waals surface area (Å²) < 4.78 is 28.5. The van der Waals surface area contributed by atoms with E-state index in [1.165, 1.54) is 37.5 Å². The molecule has 3 heteroatoms. The van der Waals surface area contributed by atoms with Gasteiger partial charge in [0, 0.05) is 11.6 Å². The molecular weight excluding hydrogens is 268 g/mol. The molecule has 0 radical (unpaired) electrons. The molecule has 118 valence electrons. The lowest BCUT2D eigenvalue weighted by Gasteiger charge is -2.38. The van der Waals surface area contributed by atoms with E-state index in [2.05, 4.69) is 19.2 Å². The number of benzene rings is 1. The van der Waals surface area contributed by atoms with Crippen molar-refractivity contribution in [3.8, 4) is 0 Å². The third-order valence-electron chi connectivity index (χ3n) is 4.85. The molecule has 0 bridgehead atoms. The van der Waals surface area contributed by atoms with Gasteiger partial charge in [-0.15, -0.1) is 0 Å². The van der Waals surface area contributed by atoms with Crippen molar-refractivity contribution in [1.29, 1.82) is 0 Å². The average Bonchev–Trinajstić information content (AvgIpc) is 2.50. The highest BCUT2D eigenvalue weighted by atomic mass is 19.1. The zero-order valence-electron chi connectivity index (χ0n) is 13.2. The first-order chi connectivity index (χ1) is 10.2. The molecule has 1 nitrogen and oxygen atoms in total. The first-order valence-electron chi connectivity index (χ1n) is 8.36. The maximum atomic E-state index is 14.2. The molecule has 3 atom stereocenters. The van der Waals surface area contributed by atoms with Crippen molar-refractivity contribution in [2.75, 3.05) is 6.54 Å². The van der Waals surface area contributed by atoms with Gasteiger partial charge >= 0.3 is 0 Å². The van der Waals surface area contributed by atoms with Gasteiger partial charge in [0.25, 0.3) is 0 Å².